The molecule has 0 unspecified atom stereocenters. The van der Waals surface area contributed by atoms with E-state index in [4.69, 9.17) is 9.47 Å². The summed E-state index contributed by atoms with van der Waals surface area (Å²) in [5.41, 5.74) is 1.05. The van der Waals surface area contributed by atoms with Gasteiger partial charge in [-0.05, 0) is 55.5 Å². The van der Waals surface area contributed by atoms with Crippen LogP contribution in [0.5, 0.6) is 17.2 Å². The quantitative estimate of drug-likeness (QED) is 0.664. The molecule has 0 saturated carbocycles. The molecule has 0 heterocycles. The first-order valence-electron chi connectivity index (χ1n) is 8.08. The highest BCUT2D eigenvalue weighted by Gasteiger charge is 2.15. The number of ether oxygens (including phenoxy) is 2. The Labute approximate surface area is 157 Å². The van der Waals surface area contributed by atoms with Crippen molar-refractivity contribution in [2.75, 3.05) is 11.8 Å². The van der Waals surface area contributed by atoms with E-state index in [9.17, 15) is 12.8 Å². The molecule has 0 amide bonds. The van der Waals surface area contributed by atoms with Crippen LogP contribution in [0.2, 0.25) is 0 Å². The number of halogens is 1. The van der Waals surface area contributed by atoms with Gasteiger partial charge < -0.3 is 9.47 Å². The molecule has 0 spiro atoms. The third kappa shape index (κ3) is 4.57. The van der Waals surface area contributed by atoms with Crippen molar-refractivity contribution in [3.05, 3.63) is 78.1 Å². The minimum Gasteiger partial charge on any atom is -0.497 e. The van der Waals surface area contributed by atoms with Crippen LogP contribution in [0.25, 0.3) is 0 Å². The number of hydrogen-bond acceptors (Lipinski definition) is 4. The Morgan fingerprint density at radius 3 is 2.11 bits per heavy atom. The SMILES string of the molecule is COc1ccc(Oc2ccc(NS(=O)(=O)c3ccc(C)cc3)cc2F)cc1. The van der Waals surface area contributed by atoms with Gasteiger partial charge in [0.2, 0.25) is 0 Å². The topological polar surface area (TPSA) is 64.6 Å². The third-order valence-electron chi connectivity index (χ3n) is 3.80. The second-order valence-electron chi connectivity index (χ2n) is 5.84. The predicted octanol–water partition coefficient (Wildman–Crippen LogP) is 4.74. The van der Waals surface area contributed by atoms with E-state index < -0.39 is 15.8 Å². The van der Waals surface area contributed by atoms with Crippen molar-refractivity contribution in [3.63, 3.8) is 0 Å². The van der Waals surface area contributed by atoms with Crippen LogP contribution < -0.4 is 14.2 Å². The molecule has 0 radical (unpaired) electrons. The molecule has 140 valence electrons. The minimum absolute atomic E-state index is 0.0153. The summed E-state index contributed by atoms with van der Waals surface area (Å²) < 4.78 is 52.0. The number of nitrogens with one attached hydrogen (secondary N) is 1. The van der Waals surface area contributed by atoms with Crippen molar-refractivity contribution in [2.45, 2.75) is 11.8 Å². The first-order chi connectivity index (χ1) is 12.9. The summed E-state index contributed by atoms with van der Waals surface area (Å²) in [4.78, 5) is 0.104. The Morgan fingerprint density at radius 2 is 1.52 bits per heavy atom. The Hall–Kier alpha value is -3.06. The van der Waals surface area contributed by atoms with Crippen molar-refractivity contribution in [1.29, 1.82) is 0 Å². The highest BCUT2D eigenvalue weighted by Crippen LogP contribution is 2.28. The van der Waals surface area contributed by atoms with Gasteiger partial charge in [0.15, 0.2) is 11.6 Å². The summed E-state index contributed by atoms with van der Waals surface area (Å²) in [5.74, 6) is 0.389. The van der Waals surface area contributed by atoms with Crippen LogP contribution in [0.15, 0.2) is 71.6 Å². The average Bonchev–Trinajstić information content (AvgIpc) is 2.64. The fourth-order valence-electron chi connectivity index (χ4n) is 2.35. The molecule has 0 aliphatic rings. The smallest absolute Gasteiger partial charge is 0.261 e. The summed E-state index contributed by atoms with van der Waals surface area (Å²) in [6.07, 6.45) is 0. The largest absolute Gasteiger partial charge is 0.497 e. The van der Waals surface area contributed by atoms with Crippen molar-refractivity contribution in [1.82, 2.24) is 0 Å². The fourth-order valence-corrected chi connectivity index (χ4v) is 3.40. The van der Waals surface area contributed by atoms with E-state index in [0.29, 0.717) is 11.5 Å². The zero-order valence-corrected chi connectivity index (χ0v) is 15.6. The molecular formula is C20H18FNO4S. The second kappa shape index (κ2) is 7.67. The normalized spacial score (nSPS) is 11.1. The molecule has 1 N–H and O–H groups in total. The van der Waals surface area contributed by atoms with Crippen LogP contribution in [0.4, 0.5) is 10.1 Å². The first-order valence-corrected chi connectivity index (χ1v) is 9.57. The average molecular weight is 387 g/mol. The Morgan fingerprint density at radius 1 is 0.889 bits per heavy atom. The van der Waals surface area contributed by atoms with Gasteiger partial charge in [0, 0.05) is 6.07 Å². The van der Waals surface area contributed by atoms with Gasteiger partial charge in [0.05, 0.1) is 17.7 Å². The second-order valence-corrected chi connectivity index (χ2v) is 7.52. The Balaban J connectivity index is 1.76. The van der Waals surface area contributed by atoms with Gasteiger partial charge in [-0.1, -0.05) is 17.7 Å². The lowest BCUT2D eigenvalue weighted by Crippen LogP contribution is -2.13. The van der Waals surface area contributed by atoms with E-state index in [0.717, 1.165) is 11.6 Å². The standard InChI is InChI=1S/C20H18FNO4S/c1-14-3-10-18(11-4-14)27(23,24)22-15-5-12-20(19(21)13-15)26-17-8-6-16(25-2)7-9-17/h3-13,22H,1-2H3. The fraction of sp³-hybridized carbons (Fsp3) is 0.100. The zero-order valence-electron chi connectivity index (χ0n) is 14.8. The van der Waals surface area contributed by atoms with E-state index in [1.807, 2.05) is 6.92 Å². The first kappa shape index (κ1) is 18.7. The molecule has 0 aliphatic heterocycles. The Kier molecular flexibility index (Phi) is 5.32. The molecule has 0 bridgehead atoms. The number of sulfonamides is 1. The van der Waals surface area contributed by atoms with Gasteiger partial charge in [-0.3, -0.25) is 4.72 Å². The molecule has 0 atom stereocenters. The lowest BCUT2D eigenvalue weighted by atomic mass is 10.2. The van der Waals surface area contributed by atoms with Gasteiger partial charge in [0.1, 0.15) is 11.5 Å². The van der Waals surface area contributed by atoms with Gasteiger partial charge >= 0.3 is 0 Å². The molecule has 5 nitrogen and oxygen atoms in total. The number of rotatable bonds is 6. The van der Waals surface area contributed by atoms with E-state index in [-0.39, 0.29) is 16.3 Å². The zero-order chi connectivity index (χ0) is 19.4. The molecule has 27 heavy (non-hydrogen) atoms. The highest BCUT2D eigenvalue weighted by atomic mass is 32.2. The maximum absolute atomic E-state index is 14.3. The summed E-state index contributed by atoms with van der Waals surface area (Å²) in [6, 6.07) is 16.9. The number of benzene rings is 3. The summed E-state index contributed by atoms with van der Waals surface area (Å²) in [5, 5.41) is 0. The molecule has 3 rings (SSSR count). The number of hydrogen-bond donors (Lipinski definition) is 1. The summed E-state index contributed by atoms with van der Waals surface area (Å²) in [6.45, 7) is 1.86. The van der Waals surface area contributed by atoms with E-state index >= 15 is 0 Å². The van der Waals surface area contributed by atoms with E-state index in [1.54, 1.807) is 43.5 Å². The molecule has 0 aromatic heterocycles. The lowest BCUT2D eigenvalue weighted by Gasteiger charge is -2.11. The summed E-state index contributed by atoms with van der Waals surface area (Å²) in [7, 11) is -2.25. The van der Waals surface area contributed by atoms with Crippen molar-refractivity contribution >= 4 is 15.7 Å². The molecule has 0 fully saturated rings. The van der Waals surface area contributed by atoms with Crippen LogP contribution in [-0.4, -0.2) is 15.5 Å². The monoisotopic (exact) mass is 387 g/mol. The number of aryl methyl sites for hydroxylation is 1. The van der Waals surface area contributed by atoms with Crippen LogP contribution in [-0.2, 0) is 10.0 Å². The molecule has 7 heteroatoms. The van der Waals surface area contributed by atoms with E-state index in [2.05, 4.69) is 4.72 Å². The molecule has 0 aliphatic carbocycles. The highest BCUT2D eigenvalue weighted by molar-refractivity contribution is 7.92. The maximum Gasteiger partial charge on any atom is 0.261 e. The van der Waals surface area contributed by atoms with Crippen LogP contribution >= 0.6 is 0 Å². The molecule has 3 aromatic carbocycles. The van der Waals surface area contributed by atoms with Gasteiger partial charge in [-0.15, -0.1) is 0 Å². The van der Waals surface area contributed by atoms with Gasteiger partial charge in [-0.25, -0.2) is 12.8 Å². The van der Waals surface area contributed by atoms with Crippen LogP contribution in [0, 0.1) is 12.7 Å². The van der Waals surface area contributed by atoms with E-state index in [1.165, 1.54) is 24.3 Å². The minimum atomic E-state index is -3.80. The number of anilines is 1. The van der Waals surface area contributed by atoms with Crippen LogP contribution in [0.1, 0.15) is 5.56 Å². The van der Waals surface area contributed by atoms with Crippen LogP contribution in [0.3, 0.4) is 0 Å². The predicted molar refractivity (Wildman–Crippen MR) is 101 cm³/mol. The molecular weight excluding hydrogens is 369 g/mol. The van der Waals surface area contributed by atoms with Gasteiger partial charge in [-0.2, -0.15) is 0 Å². The third-order valence-corrected chi connectivity index (χ3v) is 5.20. The maximum atomic E-state index is 14.3. The number of methoxy groups -OCH3 is 1. The lowest BCUT2D eigenvalue weighted by molar-refractivity contribution is 0.411. The van der Waals surface area contributed by atoms with Gasteiger partial charge in [0.25, 0.3) is 10.0 Å². The van der Waals surface area contributed by atoms with Crippen molar-refractivity contribution in [2.24, 2.45) is 0 Å². The Bertz CT molecular complexity index is 1030. The van der Waals surface area contributed by atoms with Crippen molar-refractivity contribution < 1.29 is 22.3 Å². The van der Waals surface area contributed by atoms with Crippen molar-refractivity contribution in [3.8, 4) is 17.2 Å². The molecule has 3 aromatic rings. The summed E-state index contributed by atoms with van der Waals surface area (Å²) >= 11 is 0. The molecule has 0 saturated heterocycles.